The maximum atomic E-state index is 5.16. The fraction of sp³-hybridized carbons (Fsp3) is 0.400. The summed E-state index contributed by atoms with van der Waals surface area (Å²) in [6.45, 7) is 7.21. The molecular weight excluding hydrogens is 224 g/mol. The molecular formula is C15H20N2O. The Labute approximate surface area is 108 Å². The van der Waals surface area contributed by atoms with Crippen molar-refractivity contribution in [3.05, 3.63) is 40.6 Å². The van der Waals surface area contributed by atoms with Crippen LogP contribution < -0.4 is 0 Å². The predicted octanol–water partition coefficient (Wildman–Crippen LogP) is 3.33. The number of hydrogen-bond acceptors (Lipinski definition) is 3. The molecule has 1 heterocycles. The Bertz CT molecular complexity index is 532. The van der Waals surface area contributed by atoms with Gasteiger partial charge in [-0.1, -0.05) is 22.9 Å². The van der Waals surface area contributed by atoms with Crippen LogP contribution in [0.4, 0.5) is 0 Å². The van der Waals surface area contributed by atoms with Gasteiger partial charge in [-0.3, -0.25) is 0 Å². The van der Waals surface area contributed by atoms with Gasteiger partial charge in [0.1, 0.15) is 12.0 Å². The number of aromatic nitrogens is 1. The van der Waals surface area contributed by atoms with Gasteiger partial charge in [-0.2, -0.15) is 0 Å². The molecule has 0 fully saturated rings. The molecule has 0 unspecified atom stereocenters. The van der Waals surface area contributed by atoms with E-state index in [9.17, 15) is 0 Å². The summed E-state index contributed by atoms with van der Waals surface area (Å²) in [4.78, 5) is 2.12. The molecule has 0 aliphatic rings. The molecule has 0 amide bonds. The summed E-state index contributed by atoms with van der Waals surface area (Å²) in [6.07, 6.45) is 1.74. The molecule has 1 aromatic carbocycles. The molecule has 0 saturated carbocycles. The van der Waals surface area contributed by atoms with E-state index in [1.807, 2.05) is 14.1 Å². The molecule has 0 aliphatic heterocycles. The summed E-state index contributed by atoms with van der Waals surface area (Å²) in [6, 6.07) is 4.38. The number of aryl methyl sites for hydroxylation is 3. The Morgan fingerprint density at radius 2 is 1.72 bits per heavy atom. The largest absolute Gasteiger partial charge is 0.364 e. The molecule has 18 heavy (non-hydrogen) atoms. The van der Waals surface area contributed by atoms with Crippen LogP contribution in [0.5, 0.6) is 0 Å². The Kier molecular flexibility index (Phi) is 3.53. The van der Waals surface area contributed by atoms with Crippen molar-refractivity contribution in [2.75, 3.05) is 14.1 Å². The molecule has 0 bridgehead atoms. The number of nitrogens with zero attached hydrogens (tertiary/aromatic N) is 2. The van der Waals surface area contributed by atoms with Gasteiger partial charge in [-0.25, -0.2) is 0 Å². The minimum Gasteiger partial charge on any atom is -0.364 e. The lowest BCUT2D eigenvalue weighted by molar-refractivity contribution is 0.393. The van der Waals surface area contributed by atoms with Crippen molar-refractivity contribution < 1.29 is 4.52 Å². The van der Waals surface area contributed by atoms with Crippen molar-refractivity contribution in [1.29, 1.82) is 0 Å². The monoisotopic (exact) mass is 244 g/mol. The molecule has 1 aromatic heterocycles. The number of rotatable bonds is 3. The molecule has 0 spiro atoms. The third kappa shape index (κ3) is 2.46. The van der Waals surface area contributed by atoms with E-state index in [-0.39, 0.29) is 0 Å². The van der Waals surface area contributed by atoms with E-state index < -0.39 is 0 Å². The Balaban J connectivity index is 2.52. The summed E-state index contributed by atoms with van der Waals surface area (Å²) < 4.78 is 5.16. The molecule has 3 heteroatoms. The zero-order valence-corrected chi connectivity index (χ0v) is 11.7. The fourth-order valence-electron chi connectivity index (χ4n) is 2.47. The second-order valence-corrected chi connectivity index (χ2v) is 5.20. The maximum Gasteiger partial charge on any atom is 0.128 e. The second-order valence-electron chi connectivity index (χ2n) is 5.20. The highest BCUT2D eigenvalue weighted by Gasteiger charge is 2.15. The van der Waals surface area contributed by atoms with Gasteiger partial charge in [-0.05, 0) is 46.0 Å². The van der Waals surface area contributed by atoms with Gasteiger partial charge in [0.05, 0.1) is 0 Å². The average Bonchev–Trinajstić information content (AvgIpc) is 2.63. The average molecular weight is 244 g/mol. The first-order valence-electron chi connectivity index (χ1n) is 6.15. The highest BCUT2D eigenvalue weighted by molar-refractivity contribution is 5.70. The van der Waals surface area contributed by atoms with E-state index in [1.165, 1.54) is 22.3 Å². The van der Waals surface area contributed by atoms with Crippen LogP contribution in [0.2, 0.25) is 0 Å². The normalized spacial score (nSPS) is 11.2. The van der Waals surface area contributed by atoms with E-state index in [2.05, 4.69) is 43.0 Å². The standard InChI is InChI=1S/C15H20N2O/c1-10-6-11(2)14(12(3)7-10)15-13(8-17(4)5)9-18-16-15/h6-7,9H,8H2,1-5H3. The minimum atomic E-state index is 0.839. The summed E-state index contributed by atoms with van der Waals surface area (Å²) in [5.41, 5.74) is 7.09. The van der Waals surface area contributed by atoms with Gasteiger partial charge in [0.25, 0.3) is 0 Å². The molecule has 0 atom stereocenters. The molecule has 0 saturated heterocycles. The molecule has 0 aliphatic carbocycles. The van der Waals surface area contributed by atoms with Gasteiger partial charge in [0.2, 0.25) is 0 Å². The van der Waals surface area contributed by atoms with Crippen LogP contribution in [0.15, 0.2) is 22.9 Å². The number of hydrogen-bond donors (Lipinski definition) is 0. The first kappa shape index (κ1) is 12.8. The van der Waals surface area contributed by atoms with Gasteiger partial charge >= 0.3 is 0 Å². The highest BCUT2D eigenvalue weighted by Crippen LogP contribution is 2.30. The first-order chi connectivity index (χ1) is 8.49. The number of benzene rings is 1. The van der Waals surface area contributed by atoms with Crippen LogP contribution in [0.3, 0.4) is 0 Å². The maximum absolute atomic E-state index is 5.16. The molecule has 2 aromatic rings. The van der Waals surface area contributed by atoms with Crippen LogP contribution in [-0.2, 0) is 6.54 Å². The topological polar surface area (TPSA) is 29.3 Å². The van der Waals surface area contributed by atoms with Crippen LogP contribution in [0, 0.1) is 20.8 Å². The zero-order valence-electron chi connectivity index (χ0n) is 11.7. The molecule has 0 N–H and O–H groups in total. The lowest BCUT2D eigenvalue weighted by atomic mass is 9.95. The Hall–Kier alpha value is -1.61. The quantitative estimate of drug-likeness (QED) is 0.829. The lowest BCUT2D eigenvalue weighted by Crippen LogP contribution is -2.11. The van der Waals surface area contributed by atoms with Crippen molar-refractivity contribution in [2.24, 2.45) is 0 Å². The zero-order chi connectivity index (χ0) is 13.3. The first-order valence-corrected chi connectivity index (χ1v) is 6.15. The van der Waals surface area contributed by atoms with Crippen molar-refractivity contribution in [3.8, 4) is 11.3 Å². The van der Waals surface area contributed by atoms with Gasteiger partial charge < -0.3 is 9.42 Å². The van der Waals surface area contributed by atoms with Crippen molar-refractivity contribution >= 4 is 0 Å². The SMILES string of the molecule is Cc1cc(C)c(-c2nocc2CN(C)C)c(C)c1. The summed E-state index contributed by atoms with van der Waals surface area (Å²) >= 11 is 0. The van der Waals surface area contributed by atoms with E-state index in [0.29, 0.717) is 0 Å². The summed E-state index contributed by atoms with van der Waals surface area (Å²) in [5, 5.41) is 4.19. The smallest absolute Gasteiger partial charge is 0.128 e. The summed E-state index contributed by atoms with van der Waals surface area (Å²) in [5.74, 6) is 0. The van der Waals surface area contributed by atoms with Gasteiger partial charge in [0, 0.05) is 17.7 Å². The summed E-state index contributed by atoms with van der Waals surface area (Å²) in [7, 11) is 4.09. The van der Waals surface area contributed by atoms with E-state index in [1.54, 1.807) is 6.26 Å². The van der Waals surface area contributed by atoms with Crippen LogP contribution >= 0.6 is 0 Å². The third-order valence-corrected chi connectivity index (χ3v) is 3.04. The van der Waals surface area contributed by atoms with Crippen LogP contribution in [0.1, 0.15) is 22.3 Å². The lowest BCUT2D eigenvalue weighted by Gasteiger charge is -2.12. The van der Waals surface area contributed by atoms with Crippen molar-refractivity contribution in [1.82, 2.24) is 10.1 Å². The highest BCUT2D eigenvalue weighted by atomic mass is 16.5. The predicted molar refractivity (Wildman–Crippen MR) is 73.5 cm³/mol. The van der Waals surface area contributed by atoms with Gasteiger partial charge in [-0.15, -0.1) is 0 Å². The Morgan fingerprint density at radius 3 is 2.28 bits per heavy atom. The van der Waals surface area contributed by atoms with Crippen molar-refractivity contribution in [2.45, 2.75) is 27.3 Å². The fourth-order valence-corrected chi connectivity index (χ4v) is 2.47. The Morgan fingerprint density at radius 1 is 1.11 bits per heavy atom. The minimum absolute atomic E-state index is 0.839. The van der Waals surface area contributed by atoms with E-state index in [4.69, 9.17) is 4.52 Å². The van der Waals surface area contributed by atoms with Crippen molar-refractivity contribution in [3.63, 3.8) is 0 Å². The molecule has 2 rings (SSSR count). The van der Waals surface area contributed by atoms with E-state index >= 15 is 0 Å². The van der Waals surface area contributed by atoms with E-state index in [0.717, 1.165) is 17.8 Å². The van der Waals surface area contributed by atoms with Crippen LogP contribution in [-0.4, -0.2) is 24.2 Å². The molecule has 0 radical (unpaired) electrons. The molecule has 96 valence electrons. The third-order valence-electron chi connectivity index (χ3n) is 3.04. The van der Waals surface area contributed by atoms with Gasteiger partial charge in [0.15, 0.2) is 0 Å². The second kappa shape index (κ2) is 4.94. The van der Waals surface area contributed by atoms with Crippen LogP contribution in [0.25, 0.3) is 11.3 Å². The molecule has 3 nitrogen and oxygen atoms in total.